The average molecular weight is 344 g/mol. The SMILES string of the molecule is O=C(NCC1CC1)[C@H]1CSCN1S(=O)(=O)c1ccc(F)cc1. The lowest BCUT2D eigenvalue weighted by atomic mass is 10.3. The topological polar surface area (TPSA) is 66.5 Å². The first-order valence-corrected chi connectivity index (χ1v) is 9.71. The molecule has 0 radical (unpaired) electrons. The van der Waals surface area contributed by atoms with E-state index in [1.807, 2.05) is 0 Å². The lowest BCUT2D eigenvalue weighted by molar-refractivity contribution is -0.123. The molecule has 1 saturated carbocycles. The minimum Gasteiger partial charge on any atom is -0.354 e. The summed E-state index contributed by atoms with van der Waals surface area (Å²) in [6.07, 6.45) is 2.24. The molecule has 120 valence electrons. The first kappa shape index (κ1) is 15.8. The quantitative estimate of drug-likeness (QED) is 0.877. The summed E-state index contributed by atoms with van der Waals surface area (Å²) in [5.41, 5.74) is 0. The van der Waals surface area contributed by atoms with Crippen LogP contribution in [0.1, 0.15) is 12.8 Å². The molecule has 2 fully saturated rings. The van der Waals surface area contributed by atoms with Crippen LogP contribution < -0.4 is 5.32 Å². The van der Waals surface area contributed by atoms with Gasteiger partial charge in [0.15, 0.2) is 0 Å². The van der Waals surface area contributed by atoms with Gasteiger partial charge in [0.2, 0.25) is 15.9 Å². The van der Waals surface area contributed by atoms with Crippen molar-refractivity contribution in [1.82, 2.24) is 9.62 Å². The predicted octanol–water partition coefficient (Wildman–Crippen LogP) is 1.42. The van der Waals surface area contributed by atoms with Crippen LogP contribution in [0.25, 0.3) is 0 Å². The van der Waals surface area contributed by atoms with Crippen molar-refractivity contribution in [3.8, 4) is 0 Å². The van der Waals surface area contributed by atoms with Gasteiger partial charge in [0, 0.05) is 12.3 Å². The first-order valence-electron chi connectivity index (χ1n) is 7.11. The fraction of sp³-hybridized carbons (Fsp3) is 0.500. The molecular weight excluding hydrogens is 327 g/mol. The third-order valence-electron chi connectivity index (χ3n) is 3.83. The standard InChI is InChI=1S/C14H17FN2O3S2/c15-11-3-5-12(6-4-11)22(19,20)17-9-21-8-13(17)14(18)16-7-10-1-2-10/h3-6,10,13H,1-2,7-9H2,(H,16,18)/t13-/m1/s1. The molecule has 0 aromatic heterocycles. The Morgan fingerprint density at radius 3 is 2.64 bits per heavy atom. The molecule has 0 bridgehead atoms. The van der Waals surface area contributed by atoms with E-state index in [-0.39, 0.29) is 16.7 Å². The lowest BCUT2D eigenvalue weighted by Crippen LogP contribution is -2.47. The maximum atomic E-state index is 13.0. The molecule has 22 heavy (non-hydrogen) atoms. The molecule has 3 rings (SSSR count). The zero-order valence-corrected chi connectivity index (χ0v) is 13.5. The van der Waals surface area contributed by atoms with Crippen LogP contribution in [0.4, 0.5) is 4.39 Å². The van der Waals surface area contributed by atoms with Gasteiger partial charge in [-0.3, -0.25) is 4.79 Å². The van der Waals surface area contributed by atoms with Crippen molar-refractivity contribution in [1.29, 1.82) is 0 Å². The Bertz CT molecular complexity index is 659. The van der Waals surface area contributed by atoms with Gasteiger partial charge in [-0.05, 0) is 43.0 Å². The molecule has 0 spiro atoms. The summed E-state index contributed by atoms with van der Waals surface area (Å²) < 4.78 is 39.4. The van der Waals surface area contributed by atoms with E-state index in [0.717, 1.165) is 25.0 Å². The molecule has 5 nitrogen and oxygen atoms in total. The fourth-order valence-corrected chi connectivity index (χ4v) is 5.45. The number of halogens is 1. The third kappa shape index (κ3) is 3.28. The van der Waals surface area contributed by atoms with Crippen LogP contribution >= 0.6 is 11.8 Å². The summed E-state index contributed by atoms with van der Waals surface area (Å²) in [6.45, 7) is 0.616. The molecule has 1 N–H and O–H groups in total. The smallest absolute Gasteiger partial charge is 0.244 e. The molecule has 1 aromatic rings. The van der Waals surface area contributed by atoms with Gasteiger partial charge in [0.25, 0.3) is 0 Å². The number of hydrogen-bond acceptors (Lipinski definition) is 4. The number of carbonyl (C=O) groups excluding carboxylic acids is 1. The van der Waals surface area contributed by atoms with Gasteiger partial charge < -0.3 is 5.32 Å². The Hall–Kier alpha value is -1.12. The van der Waals surface area contributed by atoms with Gasteiger partial charge in [-0.25, -0.2) is 12.8 Å². The van der Waals surface area contributed by atoms with Crippen LogP contribution in [-0.4, -0.2) is 42.8 Å². The summed E-state index contributed by atoms with van der Waals surface area (Å²) in [7, 11) is -3.79. The van der Waals surface area contributed by atoms with Crippen molar-refractivity contribution in [2.45, 2.75) is 23.8 Å². The van der Waals surface area contributed by atoms with Gasteiger partial charge >= 0.3 is 0 Å². The zero-order chi connectivity index (χ0) is 15.7. The van der Waals surface area contributed by atoms with Crippen molar-refractivity contribution < 1.29 is 17.6 Å². The highest BCUT2D eigenvalue weighted by Gasteiger charge is 2.40. The largest absolute Gasteiger partial charge is 0.354 e. The van der Waals surface area contributed by atoms with Gasteiger partial charge in [-0.2, -0.15) is 4.31 Å². The minimum absolute atomic E-state index is 0.0105. The molecule has 8 heteroatoms. The summed E-state index contributed by atoms with van der Waals surface area (Å²) in [5, 5.41) is 2.83. The molecule has 1 aromatic carbocycles. The number of nitrogens with one attached hydrogen (secondary N) is 1. The second-order valence-corrected chi connectivity index (χ2v) is 8.44. The van der Waals surface area contributed by atoms with E-state index in [9.17, 15) is 17.6 Å². The van der Waals surface area contributed by atoms with Crippen molar-refractivity contribution >= 4 is 27.7 Å². The Labute approximate surface area is 133 Å². The van der Waals surface area contributed by atoms with E-state index in [2.05, 4.69) is 5.32 Å². The highest BCUT2D eigenvalue weighted by atomic mass is 32.2. The van der Waals surface area contributed by atoms with Gasteiger partial charge in [-0.1, -0.05) is 0 Å². The van der Waals surface area contributed by atoms with Gasteiger partial charge in [-0.15, -0.1) is 11.8 Å². The van der Waals surface area contributed by atoms with E-state index < -0.39 is 21.9 Å². The number of amides is 1. The molecule has 1 heterocycles. The zero-order valence-electron chi connectivity index (χ0n) is 11.9. The van der Waals surface area contributed by atoms with Crippen molar-refractivity contribution in [3.05, 3.63) is 30.1 Å². The van der Waals surface area contributed by atoms with Crippen LogP contribution in [0.2, 0.25) is 0 Å². The molecule has 2 aliphatic rings. The molecule has 0 unspecified atom stereocenters. The summed E-state index contributed by atoms with van der Waals surface area (Å²) in [5.74, 6) is 0.481. The number of rotatable bonds is 5. The number of benzene rings is 1. The first-order chi connectivity index (χ1) is 10.5. The molecule has 1 atom stereocenters. The molecule has 1 saturated heterocycles. The Morgan fingerprint density at radius 1 is 1.32 bits per heavy atom. The number of sulfonamides is 1. The molecule has 1 aliphatic heterocycles. The van der Waals surface area contributed by atoms with Crippen molar-refractivity contribution in [3.63, 3.8) is 0 Å². The monoisotopic (exact) mass is 344 g/mol. The molecule has 1 aliphatic carbocycles. The Kier molecular flexibility index (Phi) is 4.42. The highest BCUT2D eigenvalue weighted by Crippen LogP contribution is 2.30. The predicted molar refractivity (Wildman–Crippen MR) is 82.3 cm³/mol. The van der Waals surface area contributed by atoms with E-state index in [4.69, 9.17) is 0 Å². The van der Waals surface area contributed by atoms with Gasteiger partial charge in [0.05, 0.1) is 10.8 Å². The fourth-order valence-electron chi connectivity index (χ4n) is 2.30. The number of nitrogens with zero attached hydrogens (tertiary/aromatic N) is 1. The molecular formula is C14H17FN2O3S2. The second kappa shape index (κ2) is 6.17. The van der Waals surface area contributed by atoms with Crippen molar-refractivity contribution in [2.75, 3.05) is 18.2 Å². The molecule has 1 amide bonds. The van der Waals surface area contributed by atoms with Crippen molar-refractivity contribution in [2.24, 2.45) is 5.92 Å². The number of carbonyl (C=O) groups is 1. The van der Waals surface area contributed by atoms with E-state index >= 15 is 0 Å². The Morgan fingerprint density at radius 2 is 2.00 bits per heavy atom. The maximum absolute atomic E-state index is 13.0. The summed E-state index contributed by atoms with van der Waals surface area (Å²) >= 11 is 1.41. The van der Waals surface area contributed by atoms with Gasteiger partial charge in [0.1, 0.15) is 11.9 Å². The number of thioether (sulfide) groups is 1. The number of hydrogen-bond donors (Lipinski definition) is 1. The van der Waals surface area contributed by atoms with Crippen LogP contribution in [0.15, 0.2) is 29.2 Å². The van der Waals surface area contributed by atoms with Crippen LogP contribution in [0.5, 0.6) is 0 Å². The summed E-state index contributed by atoms with van der Waals surface area (Å²) in [4.78, 5) is 12.2. The summed E-state index contributed by atoms with van der Waals surface area (Å²) in [6, 6.07) is 3.98. The maximum Gasteiger partial charge on any atom is 0.244 e. The van der Waals surface area contributed by atoms with Crippen LogP contribution in [0, 0.1) is 11.7 Å². The lowest BCUT2D eigenvalue weighted by Gasteiger charge is -2.22. The van der Waals surface area contributed by atoms with E-state index in [1.54, 1.807) is 0 Å². The second-order valence-electron chi connectivity index (χ2n) is 5.55. The van der Waals surface area contributed by atoms with E-state index in [0.29, 0.717) is 18.2 Å². The average Bonchev–Trinajstić information content (AvgIpc) is 3.18. The van der Waals surface area contributed by atoms with E-state index in [1.165, 1.54) is 28.2 Å². The Balaban J connectivity index is 1.75. The third-order valence-corrected chi connectivity index (χ3v) is 6.87. The highest BCUT2D eigenvalue weighted by molar-refractivity contribution is 8.00. The normalized spacial score (nSPS) is 22.7. The van der Waals surface area contributed by atoms with Crippen LogP contribution in [-0.2, 0) is 14.8 Å². The minimum atomic E-state index is -3.79. The van der Waals surface area contributed by atoms with Crippen LogP contribution in [0.3, 0.4) is 0 Å².